The van der Waals surface area contributed by atoms with Crippen molar-refractivity contribution in [2.75, 3.05) is 38.7 Å². The van der Waals surface area contributed by atoms with Crippen LogP contribution in [0.25, 0.3) is 11.1 Å². The van der Waals surface area contributed by atoms with E-state index in [9.17, 15) is 9.59 Å². The number of likely N-dealkylation sites (N-methyl/N-ethyl adjacent to an activating group) is 1. The van der Waals surface area contributed by atoms with Crippen LogP contribution >= 0.6 is 0 Å². The van der Waals surface area contributed by atoms with E-state index in [1.54, 1.807) is 30.3 Å². The molecule has 0 aliphatic rings. The molecule has 0 fully saturated rings. The highest BCUT2D eigenvalue weighted by molar-refractivity contribution is 6.10. The summed E-state index contributed by atoms with van der Waals surface area (Å²) in [6.07, 6.45) is 0. The Morgan fingerprint density at radius 3 is 2.15 bits per heavy atom. The van der Waals surface area contributed by atoms with Crippen LogP contribution in [0.5, 0.6) is 11.5 Å². The van der Waals surface area contributed by atoms with E-state index in [0.29, 0.717) is 36.0 Å². The largest absolute Gasteiger partial charge is 0.492 e. The molecular formula is C34H36N2O5. The summed E-state index contributed by atoms with van der Waals surface area (Å²) >= 11 is 0. The average molecular weight is 553 g/mol. The molecule has 0 saturated heterocycles. The van der Waals surface area contributed by atoms with Gasteiger partial charge in [-0.3, -0.25) is 4.79 Å². The predicted molar refractivity (Wildman–Crippen MR) is 162 cm³/mol. The molecule has 4 rings (SSSR count). The lowest BCUT2D eigenvalue weighted by Gasteiger charge is -2.19. The highest BCUT2D eigenvalue weighted by atomic mass is 16.5. The highest BCUT2D eigenvalue weighted by Gasteiger charge is 2.20. The number of hydrogen-bond acceptors (Lipinski definition) is 6. The summed E-state index contributed by atoms with van der Waals surface area (Å²) in [6, 6.07) is 29.9. The van der Waals surface area contributed by atoms with Gasteiger partial charge in [-0.25, -0.2) is 4.79 Å². The molecule has 1 amide bonds. The van der Waals surface area contributed by atoms with Gasteiger partial charge in [0.1, 0.15) is 24.7 Å². The fourth-order valence-electron chi connectivity index (χ4n) is 4.41. The summed E-state index contributed by atoms with van der Waals surface area (Å²) < 4.78 is 17.1. The van der Waals surface area contributed by atoms with E-state index in [1.165, 1.54) is 7.11 Å². The van der Waals surface area contributed by atoms with Crippen LogP contribution < -0.4 is 14.8 Å². The minimum atomic E-state index is -0.547. The van der Waals surface area contributed by atoms with Crippen molar-refractivity contribution in [1.82, 2.24) is 4.90 Å². The number of hydrogen-bond donors (Lipinski definition) is 1. The first-order valence-corrected chi connectivity index (χ1v) is 13.8. The number of amides is 1. The Labute approximate surface area is 241 Å². The monoisotopic (exact) mass is 552 g/mol. The van der Waals surface area contributed by atoms with Crippen LogP contribution in [-0.2, 0) is 11.3 Å². The smallest absolute Gasteiger partial charge is 0.339 e. The van der Waals surface area contributed by atoms with Gasteiger partial charge in [0, 0.05) is 6.54 Å². The normalized spacial score (nSPS) is 10.7. The lowest BCUT2D eigenvalue weighted by Crippen LogP contribution is -2.27. The molecule has 7 nitrogen and oxygen atoms in total. The van der Waals surface area contributed by atoms with Crippen molar-refractivity contribution >= 4 is 17.6 Å². The molecule has 0 saturated carbocycles. The second-order valence-electron chi connectivity index (χ2n) is 9.38. The molecule has 4 aromatic carbocycles. The van der Waals surface area contributed by atoms with Gasteiger partial charge in [-0.1, -0.05) is 80.6 Å². The van der Waals surface area contributed by atoms with Gasteiger partial charge in [0.15, 0.2) is 0 Å². The molecule has 1 N–H and O–H groups in total. The molecule has 0 spiro atoms. The quantitative estimate of drug-likeness (QED) is 0.186. The van der Waals surface area contributed by atoms with Gasteiger partial charge in [-0.05, 0) is 60.1 Å². The lowest BCUT2D eigenvalue weighted by molar-refractivity contribution is 0.0602. The first-order valence-electron chi connectivity index (χ1n) is 13.8. The zero-order valence-corrected chi connectivity index (χ0v) is 23.8. The molecule has 0 atom stereocenters. The maximum atomic E-state index is 13.8. The molecule has 0 heterocycles. The standard InChI is InChI=1S/C34H36N2O5/c1-4-36(5-2)20-21-40-28-17-19-32(41-24-25-12-8-6-9-13-25)30(23-28)33(37)35-31-22-27(26-14-10-7-11-15-26)16-18-29(31)34(38)39-3/h6-19,22-23H,4-5,20-21,24H2,1-3H3,(H,35,37). The van der Waals surface area contributed by atoms with Crippen molar-refractivity contribution in [1.29, 1.82) is 0 Å². The Hall–Kier alpha value is -4.62. The molecule has 0 aliphatic carbocycles. The molecule has 41 heavy (non-hydrogen) atoms. The fourth-order valence-corrected chi connectivity index (χ4v) is 4.41. The summed E-state index contributed by atoms with van der Waals surface area (Å²) in [5.41, 5.74) is 3.66. The third-order valence-corrected chi connectivity index (χ3v) is 6.78. The van der Waals surface area contributed by atoms with Crippen LogP contribution in [0.15, 0.2) is 97.1 Å². The van der Waals surface area contributed by atoms with Crippen molar-refractivity contribution in [3.05, 3.63) is 114 Å². The van der Waals surface area contributed by atoms with Crippen LogP contribution in [0.1, 0.15) is 40.1 Å². The predicted octanol–water partition coefficient (Wildman–Crippen LogP) is 6.69. The van der Waals surface area contributed by atoms with Gasteiger partial charge in [-0.2, -0.15) is 0 Å². The Bertz CT molecular complexity index is 1440. The molecule has 7 heteroatoms. The lowest BCUT2D eigenvalue weighted by atomic mass is 10.0. The van der Waals surface area contributed by atoms with Gasteiger partial charge in [-0.15, -0.1) is 0 Å². The minimum absolute atomic E-state index is 0.249. The van der Waals surface area contributed by atoms with Crippen molar-refractivity contribution in [2.45, 2.75) is 20.5 Å². The number of anilines is 1. The highest BCUT2D eigenvalue weighted by Crippen LogP contribution is 2.30. The van der Waals surface area contributed by atoms with Gasteiger partial charge in [0.2, 0.25) is 0 Å². The zero-order chi connectivity index (χ0) is 29.0. The number of methoxy groups -OCH3 is 1. The number of nitrogens with one attached hydrogen (secondary N) is 1. The van der Waals surface area contributed by atoms with Crippen molar-refractivity contribution < 1.29 is 23.8 Å². The van der Waals surface area contributed by atoms with Gasteiger partial charge < -0.3 is 24.4 Å². The number of ether oxygens (including phenoxy) is 3. The summed E-state index contributed by atoms with van der Waals surface area (Å²) in [4.78, 5) is 28.6. The maximum absolute atomic E-state index is 13.8. The first-order chi connectivity index (χ1) is 20.0. The van der Waals surface area contributed by atoms with Crippen LogP contribution in [0, 0.1) is 0 Å². The van der Waals surface area contributed by atoms with Crippen LogP contribution in [0.4, 0.5) is 5.69 Å². The number of carbonyl (C=O) groups excluding carboxylic acids is 2. The maximum Gasteiger partial charge on any atom is 0.339 e. The summed E-state index contributed by atoms with van der Waals surface area (Å²) in [5, 5.41) is 2.93. The van der Waals surface area contributed by atoms with E-state index < -0.39 is 11.9 Å². The molecule has 0 bridgehead atoms. The van der Waals surface area contributed by atoms with Crippen molar-refractivity contribution in [3.63, 3.8) is 0 Å². The van der Waals surface area contributed by atoms with Gasteiger partial charge in [0.25, 0.3) is 5.91 Å². The Morgan fingerprint density at radius 2 is 1.46 bits per heavy atom. The molecule has 0 radical (unpaired) electrons. The second-order valence-corrected chi connectivity index (χ2v) is 9.38. The number of esters is 1. The number of rotatable bonds is 13. The Morgan fingerprint density at radius 1 is 0.756 bits per heavy atom. The minimum Gasteiger partial charge on any atom is -0.492 e. The molecular weight excluding hydrogens is 516 g/mol. The van der Waals surface area contributed by atoms with Gasteiger partial charge >= 0.3 is 5.97 Å². The van der Waals surface area contributed by atoms with Crippen molar-refractivity contribution in [3.8, 4) is 22.6 Å². The zero-order valence-electron chi connectivity index (χ0n) is 23.8. The Balaban J connectivity index is 1.64. The van der Waals surface area contributed by atoms with Crippen LogP contribution in [0.3, 0.4) is 0 Å². The summed E-state index contributed by atoms with van der Waals surface area (Å²) in [5.74, 6) is -0.0200. The van der Waals surface area contributed by atoms with Crippen molar-refractivity contribution in [2.24, 2.45) is 0 Å². The average Bonchev–Trinajstić information content (AvgIpc) is 3.03. The van der Waals surface area contributed by atoms with E-state index in [-0.39, 0.29) is 5.56 Å². The van der Waals surface area contributed by atoms with E-state index in [4.69, 9.17) is 14.2 Å². The molecule has 0 aromatic heterocycles. The topological polar surface area (TPSA) is 77.1 Å². The fraction of sp³-hybridized carbons (Fsp3) is 0.235. The van der Waals surface area contributed by atoms with E-state index >= 15 is 0 Å². The summed E-state index contributed by atoms with van der Waals surface area (Å²) in [6.45, 7) is 7.64. The van der Waals surface area contributed by atoms with Crippen LogP contribution in [0.2, 0.25) is 0 Å². The summed E-state index contributed by atoms with van der Waals surface area (Å²) in [7, 11) is 1.31. The Kier molecular flexibility index (Phi) is 10.5. The van der Waals surface area contributed by atoms with Crippen LogP contribution in [-0.4, -0.2) is 50.1 Å². The molecule has 0 aliphatic heterocycles. The molecule has 0 unspecified atom stereocenters. The third-order valence-electron chi connectivity index (χ3n) is 6.78. The third kappa shape index (κ3) is 7.96. The van der Waals surface area contributed by atoms with E-state index in [0.717, 1.165) is 36.3 Å². The van der Waals surface area contributed by atoms with E-state index in [1.807, 2.05) is 66.7 Å². The molecule has 4 aromatic rings. The number of benzene rings is 4. The SMILES string of the molecule is CCN(CC)CCOc1ccc(OCc2ccccc2)c(C(=O)Nc2cc(-c3ccccc3)ccc2C(=O)OC)c1. The van der Waals surface area contributed by atoms with E-state index in [2.05, 4.69) is 24.1 Å². The number of nitrogens with zero attached hydrogens (tertiary/aromatic N) is 1. The number of carbonyl (C=O) groups is 2. The van der Waals surface area contributed by atoms with Gasteiger partial charge in [0.05, 0.1) is 23.9 Å². The first kappa shape index (κ1) is 29.4. The molecule has 212 valence electrons. The second kappa shape index (κ2) is 14.7.